The third kappa shape index (κ3) is 5.67. The van der Waals surface area contributed by atoms with Gasteiger partial charge in [0.05, 0.1) is 18.8 Å². The Morgan fingerprint density at radius 1 is 0.838 bits per heavy atom. The van der Waals surface area contributed by atoms with Gasteiger partial charge in [-0.2, -0.15) is 21.4 Å². The van der Waals surface area contributed by atoms with Gasteiger partial charge >= 0.3 is 6.11 Å². The first-order valence-electron chi connectivity index (χ1n) is 13.2. The molecule has 3 aromatic carbocycles. The van der Waals surface area contributed by atoms with Crippen LogP contribution >= 0.6 is 12.6 Å². The van der Waals surface area contributed by atoms with Crippen LogP contribution in [0, 0.1) is 33.6 Å². The lowest BCUT2D eigenvalue weighted by molar-refractivity contribution is -0.206. The van der Waals surface area contributed by atoms with Crippen LogP contribution in [-0.2, 0) is 15.6 Å². The molecule has 1 aliphatic carbocycles. The molecular formula is C31H36F2O3S. The predicted molar refractivity (Wildman–Crippen MR) is 147 cm³/mol. The Bertz CT molecular complexity index is 1250. The van der Waals surface area contributed by atoms with Gasteiger partial charge in [-0.3, -0.25) is 0 Å². The molecule has 0 radical (unpaired) electrons. The SMILES string of the molecule is Cc1cc(C)c2ccc(OC(F)(F)c3c(C)cc(C4CCC(C5OCC(S)CO5)CC4)cc3C)cc2c1. The van der Waals surface area contributed by atoms with Gasteiger partial charge in [0.25, 0.3) is 0 Å². The Hall–Kier alpha value is -2.15. The summed E-state index contributed by atoms with van der Waals surface area (Å²) in [6, 6.07) is 13.1. The van der Waals surface area contributed by atoms with E-state index in [-0.39, 0.29) is 22.9 Å². The van der Waals surface area contributed by atoms with Crippen LogP contribution in [0.2, 0.25) is 0 Å². The molecule has 2 aliphatic rings. The van der Waals surface area contributed by atoms with Crippen LogP contribution in [0.3, 0.4) is 0 Å². The van der Waals surface area contributed by atoms with Crippen LogP contribution in [0.1, 0.15) is 65.0 Å². The monoisotopic (exact) mass is 526 g/mol. The first kappa shape index (κ1) is 26.5. The van der Waals surface area contributed by atoms with Crippen molar-refractivity contribution in [2.75, 3.05) is 13.2 Å². The number of alkyl halides is 2. The summed E-state index contributed by atoms with van der Waals surface area (Å²) in [4.78, 5) is 0. The second kappa shape index (κ2) is 10.5. The molecule has 0 N–H and O–H groups in total. The number of hydrogen-bond donors (Lipinski definition) is 1. The molecule has 0 aromatic heterocycles. The highest BCUT2D eigenvalue weighted by Crippen LogP contribution is 2.42. The van der Waals surface area contributed by atoms with Gasteiger partial charge in [0.1, 0.15) is 5.75 Å². The van der Waals surface area contributed by atoms with Crippen molar-refractivity contribution >= 4 is 23.4 Å². The van der Waals surface area contributed by atoms with Crippen molar-refractivity contribution in [2.24, 2.45) is 5.92 Å². The van der Waals surface area contributed by atoms with Gasteiger partial charge in [-0.15, -0.1) is 0 Å². The summed E-state index contributed by atoms with van der Waals surface area (Å²) < 4.78 is 48.1. The molecule has 6 heteroatoms. The zero-order valence-electron chi connectivity index (χ0n) is 22.0. The van der Waals surface area contributed by atoms with Gasteiger partial charge in [-0.25, -0.2) is 0 Å². The molecule has 0 atom stereocenters. The summed E-state index contributed by atoms with van der Waals surface area (Å²) in [6.07, 6.45) is 0.434. The van der Waals surface area contributed by atoms with E-state index in [4.69, 9.17) is 14.2 Å². The summed E-state index contributed by atoms with van der Waals surface area (Å²) in [5, 5.41) is 2.09. The summed E-state index contributed by atoms with van der Waals surface area (Å²) in [5.41, 5.74) is 4.42. The molecule has 1 aliphatic heterocycles. The normalized spacial score (nSPS) is 24.8. The summed E-state index contributed by atoms with van der Waals surface area (Å²) in [6.45, 7) is 8.81. The third-order valence-corrected chi connectivity index (χ3v) is 8.20. The first-order chi connectivity index (χ1) is 17.6. The highest BCUT2D eigenvalue weighted by atomic mass is 32.1. The Morgan fingerprint density at radius 3 is 2.14 bits per heavy atom. The minimum absolute atomic E-state index is 0.0456. The molecule has 0 unspecified atom stereocenters. The number of halogens is 2. The molecule has 1 saturated carbocycles. The fourth-order valence-corrected chi connectivity index (χ4v) is 6.36. The molecule has 198 valence electrons. The van der Waals surface area contributed by atoms with Crippen LogP contribution in [0.15, 0.2) is 42.5 Å². The topological polar surface area (TPSA) is 27.7 Å². The summed E-state index contributed by atoms with van der Waals surface area (Å²) in [5.74, 6) is 0.899. The van der Waals surface area contributed by atoms with Gasteiger partial charge in [-0.05, 0) is 104 Å². The molecule has 0 amide bonds. The highest BCUT2D eigenvalue weighted by molar-refractivity contribution is 7.81. The molecule has 0 bridgehead atoms. The van der Waals surface area contributed by atoms with Gasteiger partial charge in [0.2, 0.25) is 0 Å². The standard InChI is InChI=1S/C31H36F2O3S/c1-18-11-19(2)28-10-9-26(15-25(28)12-18)36-31(32,33)29-20(3)13-24(14-21(29)4)22-5-7-23(8-6-22)30-34-16-27(37)17-35-30/h9-15,22-23,27,30,37H,5-8,16-17H2,1-4H3. The van der Waals surface area contributed by atoms with Crippen molar-refractivity contribution in [3.63, 3.8) is 0 Å². The van der Waals surface area contributed by atoms with Crippen molar-refractivity contribution in [1.29, 1.82) is 0 Å². The quantitative estimate of drug-likeness (QED) is 0.340. The third-order valence-electron chi connectivity index (χ3n) is 7.90. The summed E-state index contributed by atoms with van der Waals surface area (Å²) >= 11 is 4.41. The van der Waals surface area contributed by atoms with Crippen LogP contribution in [0.4, 0.5) is 8.78 Å². The predicted octanol–water partition coefficient (Wildman–Crippen LogP) is 8.15. The maximum atomic E-state index is 15.5. The van der Waals surface area contributed by atoms with E-state index < -0.39 is 6.11 Å². The zero-order chi connectivity index (χ0) is 26.3. The van der Waals surface area contributed by atoms with E-state index in [0.29, 0.717) is 36.2 Å². The van der Waals surface area contributed by atoms with Crippen molar-refractivity contribution in [1.82, 2.24) is 0 Å². The van der Waals surface area contributed by atoms with Gasteiger partial charge in [-0.1, -0.05) is 35.9 Å². The highest BCUT2D eigenvalue weighted by Gasteiger charge is 2.39. The number of rotatable bonds is 5. The van der Waals surface area contributed by atoms with Crippen LogP contribution in [-0.4, -0.2) is 24.8 Å². The number of benzene rings is 3. The van der Waals surface area contributed by atoms with E-state index in [0.717, 1.165) is 53.1 Å². The molecule has 2 fully saturated rings. The minimum atomic E-state index is -3.43. The largest absolute Gasteiger partial charge is 0.429 e. The van der Waals surface area contributed by atoms with E-state index in [1.54, 1.807) is 26.0 Å². The van der Waals surface area contributed by atoms with Crippen molar-refractivity contribution in [3.8, 4) is 5.75 Å². The van der Waals surface area contributed by atoms with Gasteiger partial charge in [0.15, 0.2) is 6.29 Å². The second-order valence-electron chi connectivity index (χ2n) is 10.9. The van der Waals surface area contributed by atoms with E-state index in [9.17, 15) is 0 Å². The lowest BCUT2D eigenvalue weighted by atomic mass is 9.77. The maximum Gasteiger partial charge on any atom is 0.427 e. The molecule has 3 nitrogen and oxygen atoms in total. The molecular weight excluding hydrogens is 490 g/mol. The number of thiol groups is 1. The fourth-order valence-electron chi connectivity index (χ4n) is 6.18. The Labute approximate surface area is 223 Å². The Kier molecular flexibility index (Phi) is 7.54. The Balaban J connectivity index is 1.30. The summed E-state index contributed by atoms with van der Waals surface area (Å²) in [7, 11) is 0. The molecule has 5 rings (SSSR count). The average Bonchev–Trinajstić information content (AvgIpc) is 2.83. The molecule has 37 heavy (non-hydrogen) atoms. The first-order valence-corrected chi connectivity index (χ1v) is 13.7. The van der Waals surface area contributed by atoms with Crippen molar-refractivity contribution in [3.05, 3.63) is 75.8 Å². The van der Waals surface area contributed by atoms with Gasteiger partial charge < -0.3 is 14.2 Å². The van der Waals surface area contributed by atoms with Crippen LogP contribution < -0.4 is 4.74 Å². The molecule has 1 heterocycles. The average molecular weight is 527 g/mol. The van der Waals surface area contributed by atoms with Crippen molar-refractivity contribution < 1.29 is 23.0 Å². The number of hydrogen-bond acceptors (Lipinski definition) is 4. The van der Waals surface area contributed by atoms with E-state index in [1.807, 2.05) is 38.1 Å². The number of fused-ring (bicyclic) bond motifs is 1. The van der Waals surface area contributed by atoms with E-state index in [2.05, 4.69) is 18.7 Å². The maximum absolute atomic E-state index is 15.5. The van der Waals surface area contributed by atoms with Gasteiger partial charge in [0, 0.05) is 11.2 Å². The lowest BCUT2D eigenvalue weighted by Crippen LogP contribution is -2.38. The second-order valence-corrected chi connectivity index (χ2v) is 11.6. The molecule has 0 spiro atoms. The minimum Gasteiger partial charge on any atom is -0.429 e. The Morgan fingerprint density at radius 2 is 1.49 bits per heavy atom. The van der Waals surface area contributed by atoms with Crippen LogP contribution in [0.5, 0.6) is 5.75 Å². The van der Waals surface area contributed by atoms with Crippen molar-refractivity contribution in [2.45, 2.75) is 76.9 Å². The zero-order valence-corrected chi connectivity index (χ0v) is 22.9. The van der Waals surface area contributed by atoms with E-state index in [1.165, 1.54) is 0 Å². The van der Waals surface area contributed by atoms with Crippen LogP contribution in [0.25, 0.3) is 10.8 Å². The molecule has 1 saturated heterocycles. The molecule has 3 aromatic rings. The number of aryl methyl sites for hydroxylation is 4. The lowest BCUT2D eigenvalue weighted by Gasteiger charge is -2.37. The smallest absolute Gasteiger partial charge is 0.427 e. The van der Waals surface area contributed by atoms with E-state index >= 15 is 8.78 Å². The number of ether oxygens (including phenoxy) is 3. The fraction of sp³-hybridized carbons (Fsp3) is 0.484.